The van der Waals surface area contributed by atoms with Crippen LogP contribution in [0.1, 0.15) is 38.8 Å². The van der Waals surface area contributed by atoms with E-state index in [1.165, 1.54) is 0 Å². The van der Waals surface area contributed by atoms with Crippen LogP contribution in [-0.2, 0) is 4.74 Å². The molecule has 0 aliphatic carbocycles. The Hall–Kier alpha value is -1.06. The van der Waals surface area contributed by atoms with Crippen molar-refractivity contribution in [2.75, 3.05) is 13.2 Å². The van der Waals surface area contributed by atoms with Crippen LogP contribution in [0.15, 0.2) is 24.3 Å². The molecule has 1 heterocycles. The van der Waals surface area contributed by atoms with E-state index in [1.54, 1.807) is 6.07 Å². The van der Waals surface area contributed by atoms with E-state index in [2.05, 4.69) is 25.7 Å². The highest BCUT2D eigenvalue weighted by Crippen LogP contribution is 2.33. The SMILES string of the molecule is CCC(c1ccccc1O)N1CC(C)OCC1C. The zero-order chi connectivity index (χ0) is 13.1. The van der Waals surface area contributed by atoms with Crippen molar-refractivity contribution in [1.29, 1.82) is 0 Å². The fourth-order valence-electron chi connectivity index (χ4n) is 2.77. The third-order valence-corrected chi connectivity index (χ3v) is 3.74. The molecule has 1 N–H and O–H groups in total. The molecule has 0 aromatic heterocycles. The number of phenols is 1. The number of phenolic OH excluding ortho intramolecular Hbond substituents is 1. The van der Waals surface area contributed by atoms with Crippen LogP contribution in [0.4, 0.5) is 0 Å². The van der Waals surface area contributed by atoms with Gasteiger partial charge in [-0.05, 0) is 26.3 Å². The molecule has 1 aromatic carbocycles. The summed E-state index contributed by atoms with van der Waals surface area (Å²) in [6.07, 6.45) is 1.26. The highest BCUT2D eigenvalue weighted by Gasteiger charge is 2.30. The van der Waals surface area contributed by atoms with Crippen molar-refractivity contribution in [1.82, 2.24) is 4.90 Å². The Morgan fingerprint density at radius 1 is 1.39 bits per heavy atom. The minimum absolute atomic E-state index is 0.265. The van der Waals surface area contributed by atoms with E-state index in [-0.39, 0.29) is 12.1 Å². The summed E-state index contributed by atoms with van der Waals surface area (Å²) < 4.78 is 5.68. The van der Waals surface area contributed by atoms with Gasteiger partial charge in [-0.1, -0.05) is 25.1 Å². The summed E-state index contributed by atoms with van der Waals surface area (Å²) in [6.45, 7) is 8.16. The minimum Gasteiger partial charge on any atom is -0.508 e. The molecule has 1 aliphatic rings. The molecule has 0 amide bonds. The number of hydrogen-bond acceptors (Lipinski definition) is 3. The number of morpholine rings is 1. The Kier molecular flexibility index (Phi) is 4.25. The second-order valence-corrected chi connectivity index (χ2v) is 5.17. The lowest BCUT2D eigenvalue weighted by Gasteiger charge is -2.42. The van der Waals surface area contributed by atoms with E-state index in [9.17, 15) is 5.11 Å². The lowest BCUT2D eigenvalue weighted by atomic mass is 9.99. The van der Waals surface area contributed by atoms with Gasteiger partial charge in [0.05, 0.1) is 12.7 Å². The van der Waals surface area contributed by atoms with Crippen molar-refractivity contribution >= 4 is 0 Å². The third-order valence-electron chi connectivity index (χ3n) is 3.74. The van der Waals surface area contributed by atoms with Gasteiger partial charge < -0.3 is 9.84 Å². The fourth-order valence-corrected chi connectivity index (χ4v) is 2.77. The van der Waals surface area contributed by atoms with Gasteiger partial charge in [-0.3, -0.25) is 4.90 Å². The Morgan fingerprint density at radius 3 is 2.78 bits per heavy atom. The molecule has 0 bridgehead atoms. The van der Waals surface area contributed by atoms with Crippen LogP contribution in [0, 0.1) is 0 Å². The smallest absolute Gasteiger partial charge is 0.120 e. The van der Waals surface area contributed by atoms with Gasteiger partial charge in [-0.15, -0.1) is 0 Å². The number of aromatic hydroxyl groups is 1. The molecule has 0 radical (unpaired) electrons. The molecule has 1 aromatic rings. The molecule has 3 atom stereocenters. The molecule has 1 saturated heterocycles. The summed E-state index contributed by atoms with van der Waals surface area (Å²) in [6, 6.07) is 8.32. The fraction of sp³-hybridized carbons (Fsp3) is 0.600. The number of ether oxygens (including phenoxy) is 1. The Bertz CT molecular complexity index is 394. The molecule has 18 heavy (non-hydrogen) atoms. The molecule has 3 heteroatoms. The van der Waals surface area contributed by atoms with Gasteiger partial charge in [0.1, 0.15) is 5.75 Å². The van der Waals surface area contributed by atoms with Gasteiger partial charge in [0.2, 0.25) is 0 Å². The second kappa shape index (κ2) is 5.72. The molecule has 3 unspecified atom stereocenters. The van der Waals surface area contributed by atoms with Crippen molar-refractivity contribution in [3.63, 3.8) is 0 Å². The predicted octanol–water partition coefficient (Wildman–Crippen LogP) is 2.95. The first-order chi connectivity index (χ1) is 8.63. The third kappa shape index (κ3) is 2.68. The topological polar surface area (TPSA) is 32.7 Å². The molecule has 0 saturated carbocycles. The van der Waals surface area contributed by atoms with E-state index in [0.29, 0.717) is 11.8 Å². The van der Waals surface area contributed by atoms with Gasteiger partial charge in [-0.2, -0.15) is 0 Å². The van der Waals surface area contributed by atoms with E-state index >= 15 is 0 Å². The lowest BCUT2D eigenvalue weighted by Crippen LogP contribution is -2.48. The van der Waals surface area contributed by atoms with Crippen LogP contribution in [-0.4, -0.2) is 35.3 Å². The number of hydrogen-bond donors (Lipinski definition) is 1. The van der Waals surface area contributed by atoms with Gasteiger partial charge in [0.25, 0.3) is 0 Å². The van der Waals surface area contributed by atoms with Crippen LogP contribution in [0.2, 0.25) is 0 Å². The first-order valence-corrected chi connectivity index (χ1v) is 6.78. The number of benzene rings is 1. The summed E-state index contributed by atoms with van der Waals surface area (Å²) in [5.41, 5.74) is 1.03. The average Bonchev–Trinajstić information content (AvgIpc) is 2.36. The molecule has 1 aliphatic heterocycles. The quantitative estimate of drug-likeness (QED) is 0.894. The lowest BCUT2D eigenvalue weighted by molar-refractivity contribution is -0.0676. The van der Waals surface area contributed by atoms with Crippen LogP contribution in [0.25, 0.3) is 0 Å². The average molecular weight is 249 g/mol. The first-order valence-electron chi connectivity index (χ1n) is 6.78. The molecule has 2 rings (SSSR count). The van der Waals surface area contributed by atoms with Crippen molar-refractivity contribution in [3.05, 3.63) is 29.8 Å². The largest absolute Gasteiger partial charge is 0.508 e. The van der Waals surface area contributed by atoms with Gasteiger partial charge in [0, 0.05) is 24.2 Å². The highest BCUT2D eigenvalue weighted by atomic mass is 16.5. The Morgan fingerprint density at radius 2 is 2.11 bits per heavy atom. The van der Waals surface area contributed by atoms with Crippen molar-refractivity contribution < 1.29 is 9.84 Å². The molecule has 3 nitrogen and oxygen atoms in total. The Labute approximate surface area is 109 Å². The van der Waals surface area contributed by atoms with Crippen LogP contribution in [0.5, 0.6) is 5.75 Å². The predicted molar refractivity (Wildman–Crippen MR) is 72.7 cm³/mol. The summed E-state index contributed by atoms with van der Waals surface area (Å²) >= 11 is 0. The molecule has 1 fully saturated rings. The maximum Gasteiger partial charge on any atom is 0.120 e. The standard InChI is InChI=1S/C15H23NO2/c1-4-14(13-7-5-6-8-15(13)17)16-9-12(3)18-10-11(16)2/h5-8,11-12,14,17H,4,9-10H2,1-3H3. The first kappa shape index (κ1) is 13.4. The van der Waals surface area contributed by atoms with Crippen LogP contribution < -0.4 is 0 Å². The van der Waals surface area contributed by atoms with E-state index in [0.717, 1.165) is 25.1 Å². The summed E-state index contributed by atoms with van der Waals surface area (Å²) in [5.74, 6) is 0.399. The molecule has 0 spiro atoms. The molecular weight excluding hydrogens is 226 g/mol. The zero-order valence-corrected chi connectivity index (χ0v) is 11.5. The van der Waals surface area contributed by atoms with Crippen LogP contribution >= 0.6 is 0 Å². The van der Waals surface area contributed by atoms with Gasteiger partial charge in [0.15, 0.2) is 0 Å². The van der Waals surface area contributed by atoms with E-state index in [1.807, 2.05) is 18.2 Å². The summed E-state index contributed by atoms with van der Waals surface area (Å²) in [7, 11) is 0. The van der Waals surface area contributed by atoms with Gasteiger partial charge >= 0.3 is 0 Å². The normalized spacial score (nSPS) is 27.1. The van der Waals surface area contributed by atoms with Crippen molar-refractivity contribution in [2.24, 2.45) is 0 Å². The van der Waals surface area contributed by atoms with Gasteiger partial charge in [-0.25, -0.2) is 0 Å². The molecule has 100 valence electrons. The minimum atomic E-state index is 0.265. The molecular formula is C15H23NO2. The number of rotatable bonds is 3. The zero-order valence-electron chi connectivity index (χ0n) is 11.5. The van der Waals surface area contributed by atoms with Crippen LogP contribution in [0.3, 0.4) is 0 Å². The highest BCUT2D eigenvalue weighted by molar-refractivity contribution is 5.34. The number of para-hydroxylation sites is 1. The van der Waals surface area contributed by atoms with E-state index < -0.39 is 0 Å². The maximum atomic E-state index is 10.0. The summed E-state index contributed by atoms with van der Waals surface area (Å²) in [4.78, 5) is 2.45. The van der Waals surface area contributed by atoms with Crippen molar-refractivity contribution in [3.8, 4) is 5.75 Å². The second-order valence-electron chi connectivity index (χ2n) is 5.17. The maximum absolute atomic E-state index is 10.0. The summed E-state index contributed by atoms with van der Waals surface area (Å²) in [5, 5.41) is 10.0. The van der Waals surface area contributed by atoms with Crippen molar-refractivity contribution in [2.45, 2.75) is 45.4 Å². The number of nitrogens with zero attached hydrogens (tertiary/aromatic N) is 1. The Balaban J connectivity index is 2.25. The van der Waals surface area contributed by atoms with E-state index in [4.69, 9.17) is 4.74 Å². The monoisotopic (exact) mass is 249 g/mol.